The maximum atomic E-state index is 14.8. The highest BCUT2D eigenvalue weighted by Gasteiger charge is 2.48. The molecule has 1 aliphatic carbocycles. The molecule has 0 N–H and O–H groups in total. The van der Waals surface area contributed by atoms with Gasteiger partial charge in [-0.1, -0.05) is 0 Å². The van der Waals surface area contributed by atoms with Gasteiger partial charge in [-0.15, -0.1) is 0 Å². The molecule has 18 heavy (non-hydrogen) atoms. The van der Waals surface area contributed by atoms with Crippen molar-refractivity contribution in [1.82, 2.24) is 4.98 Å². The molecule has 0 amide bonds. The molecule has 1 aliphatic heterocycles. The fourth-order valence-electron chi connectivity index (χ4n) is 2.77. The van der Waals surface area contributed by atoms with Crippen LogP contribution in [0.4, 0.5) is 8.78 Å². The largest absolute Gasteiger partial charge is 0.348 e. The lowest BCUT2D eigenvalue weighted by Gasteiger charge is -2.38. The van der Waals surface area contributed by atoms with Crippen LogP contribution < -0.4 is 0 Å². The average molecular weight is 255 g/mol. The van der Waals surface area contributed by atoms with Crippen LogP contribution in [0.2, 0.25) is 0 Å². The molecule has 0 atom stereocenters. The first-order valence-corrected chi connectivity index (χ1v) is 6.21. The molecular weight excluding hydrogens is 240 g/mol. The summed E-state index contributed by atoms with van der Waals surface area (Å²) in [5.41, 5.74) is -1.79. The van der Waals surface area contributed by atoms with Gasteiger partial charge in [-0.2, -0.15) is 0 Å². The lowest BCUT2D eigenvalue weighted by Crippen LogP contribution is -2.40. The van der Waals surface area contributed by atoms with Crippen molar-refractivity contribution in [3.05, 3.63) is 29.8 Å². The van der Waals surface area contributed by atoms with Crippen LogP contribution in [0.1, 0.15) is 31.4 Å². The molecule has 2 aliphatic rings. The van der Waals surface area contributed by atoms with Crippen molar-refractivity contribution in [3.63, 3.8) is 0 Å². The van der Waals surface area contributed by atoms with Crippen LogP contribution >= 0.6 is 0 Å². The predicted octanol–water partition coefficient (Wildman–Crippen LogP) is 2.70. The molecule has 2 heterocycles. The quantitative estimate of drug-likeness (QED) is 0.773. The zero-order valence-corrected chi connectivity index (χ0v) is 9.99. The second-order valence-corrected chi connectivity index (χ2v) is 4.91. The minimum Gasteiger partial charge on any atom is -0.348 e. The zero-order chi connectivity index (χ0) is 12.6. The number of aromatic nitrogens is 1. The van der Waals surface area contributed by atoms with E-state index in [0.29, 0.717) is 26.1 Å². The maximum Gasteiger partial charge on any atom is 0.168 e. The smallest absolute Gasteiger partial charge is 0.168 e. The molecule has 1 saturated carbocycles. The summed E-state index contributed by atoms with van der Waals surface area (Å²) in [6, 6.07) is 2.71. The van der Waals surface area contributed by atoms with E-state index < -0.39 is 17.3 Å². The minimum atomic E-state index is -1.70. The van der Waals surface area contributed by atoms with Crippen molar-refractivity contribution in [3.8, 4) is 0 Å². The first-order valence-electron chi connectivity index (χ1n) is 6.21. The summed E-state index contributed by atoms with van der Waals surface area (Å²) in [6.45, 7) is 1.11. The molecule has 1 saturated heterocycles. The van der Waals surface area contributed by atoms with Crippen LogP contribution in [0.3, 0.4) is 0 Å². The Morgan fingerprint density at radius 2 is 1.78 bits per heavy atom. The predicted molar refractivity (Wildman–Crippen MR) is 60.1 cm³/mol. The first kappa shape index (κ1) is 12.0. The highest BCUT2D eigenvalue weighted by atomic mass is 19.1. The lowest BCUT2D eigenvalue weighted by molar-refractivity contribution is -0.195. The topological polar surface area (TPSA) is 31.4 Å². The highest BCUT2D eigenvalue weighted by molar-refractivity contribution is 5.17. The average Bonchev–Trinajstić information content (AvgIpc) is 2.83. The second kappa shape index (κ2) is 4.24. The molecular formula is C13H15F2NO2. The number of halogens is 2. The molecule has 0 aromatic carbocycles. The van der Waals surface area contributed by atoms with Crippen molar-refractivity contribution >= 4 is 0 Å². The molecule has 1 spiro atoms. The van der Waals surface area contributed by atoms with E-state index in [2.05, 4.69) is 4.98 Å². The van der Waals surface area contributed by atoms with Gasteiger partial charge in [0.05, 0.1) is 13.2 Å². The van der Waals surface area contributed by atoms with Crippen LogP contribution in [0.25, 0.3) is 0 Å². The molecule has 2 fully saturated rings. The number of alkyl halides is 1. The van der Waals surface area contributed by atoms with Crippen LogP contribution in [-0.2, 0) is 15.1 Å². The van der Waals surface area contributed by atoms with Crippen molar-refractivity contribution in [1.29, 1.82) is 0 Å². The van der Waals surface area contributed by atoms with Gasteiger partial charge in [0.2, 0.25) is 0 Å². The van der Waals surface area contributed by atoms with Crippen LogP contribution in [0.5, 0.6) is 0 Å². The van der Waals surface area contributed by atoms with Gasteiger partial charge in [0.25, 0.3) is 0 Å². The van der Waals surface area contributed by atoms with Gasteiger partial charge in [0, 0.05) is 19.0 Å². The van der Waals surface area contributed by atoms with Gasteiger partial charge in [-0.25, -0.2) is 8.78 Å². The third kappa shape index (κ3) is 1.91. The Bertz CT molecular complexity index is 436. The Morgan fingerprint density at radius 3 is 2.39 bits per heavy atom. The number of ether oxygens (including phenoxy) is 2. The van der Waals surface area contributed by atoms with Crippen molar-refractivity contribution in [2.45, 2.75) is 37.1 Å². The van der Waals surface area contributed by atoms with Crippen LogP contribution in [0.15, 0.2) is 18.3 Å². The molecule has 0 radical (unpaired) electrons. The second-order valence-electron chi connectivity index (χ2n) is 4.91. The molecule has 1 aromatic heterocycles. The Kier molecular flexibility index (Phi) is 2.83. The van der Waals surface area contributed by atoms with E-state index in [4.69, 9.17) is 9.47 Å². The number of hydrogen-bond donors (Lipinski definition) is 0. The van der Waals surface area contributed by atoms with Gasteiger partial charge in [0.1, 0.15) is 11.5 Å². The van der Waals surface area contributed by atoms with E-state index in [9.17, 15) is 8.78 Å². The molecule has 3 nitrogen and oxygen atoms in total. The molecule has 98 valence electrons. The summed E-state index contributed by atoms with van der Waals surface area (Å²) in [7, 11) is 0. The third-order valence-electron chi connectivity index (χ3n) is 3.80. The normalized spacial score (nSPS) is 25.4. The number of nitrogens with zero attached hydrogens (tertiary/aromatic N) is 1. The molecule has 0 unspecified atom stereocenters. The Morgan fingerprint density at radius 1 is 1.11 bits per heavy atom. The van der Waals surface area contributed by atoms with E-state index in [1.54, 1.807) is 0 Å². The molecule has 1 aromatic rings. The van der Waals surface area contributed by atoms with Crippen molar-refractivity contribution in [2.75, 3.05) is 13.2 Å². The van der Waals surface area contributed by atoms with Crippen LogP contribution in [-0.4, -0.2) is 24.0 Å². The van der Waals surface area contributed by atoms with Gasteiger partial charge >= 0.3 is 0 Å². The van der Waals surface area contributed by atoms with Gasteiger partial charge in [-0.05, 0) is 25.0 Å². The Balaban J connectivity index is 1.80. The van der Waals surface area contributed by atoms with Gasteiger partial charge in [0.15, 0.2) is 11.5 Å². The Labute approximate surface area is 104 Å². The summed E-state index contributed by atoms with van der Waals surface area (Å²) in [5, 5.41) is 0. The van der Waals surface area contributed by atoms with E-state index >= 15 is 0 Å². The fourth-order valence-corrected chi connectivity index (χ4v) is 2.77. The third-order valence-corrected chi connectivity index (χ3v) is 3.80. The molecule has 5 heteroatoms. The lowest BCUT2D eigenvalue weighted by atomic mass is 9.80. The summed E-state index contributed by atoms with van der Waals surface area (Å²) < 4.78 is 39.5. The van der Waals surface area contributed by atoms with E-state index in [-0.39, 0.29) is 18.5 Å². The summed E-state index contributed by atoms with van der Waals surface area (Å²) in [5.74, 6) is -1.22. The van der Waals surface area contributed by atoms with Crippen molar-refractivity contribution < 1.29 is 18.3 Å². The summed E-state index contributed by atoms with van der Waals surface area (Å²) in [6.07, 6.45) is 2.67. The summed E-state index contributed by atoms with van der Waals surface area (Å²) in [4.78, 5) is 3.86. The number of rotatable bonds is 1. The SMILES string of the molecule is Fc1cccnc1C1(F)CCC2(CC1)OCCO2. The minimum absolute atomic E-state index is 0.0853. The van der Waals surface area contributed by atoms with E-state index in [0.717, 1.165) is 0 Å². The first-order chi connectivity index (χ1) is 8.64. The van der Waals surface area contributed by atoms with E-state index in [1.807, 2.05) is 0 Å². The monoisotopic (exact) mass is 255 g/mol. The molecule has 3 rings (SSSR count). The zero-order valence-electron chi connectivity index (χ0n) is 9.99. The molecule has 0 bridgehead atoms. The fraction of sp³-hybridized carbons (Fsp3) is 0.615. The maximum absolute atomic E-state index is 14.8. The van der Waals surface area contributed by atoms with Gasteiger partial charge < -0.3 is 9.47 Å². The standard InChI is InChI=1S/C13H15F2NO2/c14-10-2-1-7-16-11(10)12(15)3-5-13(6-4-12)17-8-9-18-13/h1-2,7H,3-6,8-9H2. The van der Waals surface area contributed by atoms with E-state index in [1.165, 1.54) is 18.3 Å². The van der Waals surface area contributed by atoms with Gasteiger partial charge in [-0.3, -0.25) is 4.98 Å². The van der Waals surface area contributed by atoms with Crippen molar-refractivity contribution in [2.24, 2.45) is 0 Å². The number of pyridine rings is 1. The van der Waals surface area contributed by atoms with Crippen LogP contribution in [0, 0.1) is 5.82 Å². The number of hydrogen-bond acceptors (Lipinski definition) is 3. The summed E-state index contributed by atoms with van der Waals surface area (Å²) >= 11 is 0. The highest BCUT2D eigenvalue weighted by Crippen LogP contribution is 2.47. The Hall–Kier alpha value is -1.07.